The van der Waals surface area contributed by atoms with Gasteiger partial charge in [-0.25, -0.2) is 8.78 Å². The van der Waals surface area contributed by atoms with Gasteiger partial charge in [-0.3, -0.25) is 4.90 Å². The van der Waals surface area contributed by atoms with Crippen molar-refractivity contribution < 1.29 is 8.78 Å². The summed E-state index contributed by atoms with van der Waals surface area (Å²) >= 11 is 0. The van der Waals surface area contributed by atoms with Gasteiger partial charge in [-0.15, -0.1) is 0 Å². The number of nitrogens with zero attached hydrogens (tertiary/aromatic N) is 1. The fourth-order valence-electron chi connectivity index (χ4n) is 3.11. The van der Waals surface area contributed by atoms with Crippen LogP contribution < -0.4 is 5.32 Å². The van der Waals surface area contributed by atoms with Crippen molar-refractivity contribution in [3.05, 3.63) is 35.4 Å². The van der Waals surface area contributed by atoms with Crippen molar-refractivity contribution in [3.63, 3.8) is 0 Å². The van der Waals surface area contributed by atoms with Gasteiger partial charge in [0.1, 0.15) is 11.6 Å². The Morgan fingerprint density at radius 1 is 1.15 bits per heavy atom. The molecule has 2 atom stereocenters. The molecule has 0 saturated heterocycles. The summed E-state index contributed by atoms with van der Waals surface area (Å²) in [6, 6.07) is 3.65. The molecule has 1 aromatic carbocycles. The maximum absolute atomic E-state index is 14.1. The Labute approximate surface area is 121 Å². The molecule has 114 valence electrons. The number of likely N-dealkylation sites (N-methyl/N-ethyl adjacent to an activating group) is 2. The van der Waals surface area contributed by atoms with Gasteiger partial charge < -0.3 is 5.32 Å². The molecule has 0 aromatic heterocycles. The molecule has 2 nitrogen and oxygen atoms in total. The van der Waals surface area contributed by atoms with Crippen molar-refractivity contribution in [2.24, 2.45) is 0 Å². The van der Waals surface area contributed by atoms with Crippen LogP contribution >= 0.6 is 0 Å². The SMILES string of the molecule is CCN(CC)C(C)(CC)C(NC)c1c(F)cccc1F. The molecule has 0 amide bonds. The maximum atomic E-state index is 14.1. The zero-order valence-electron chi connectivity index (χ0n) is 13.1. The predicted octanol–water partition coefficient (Wildman–Crippen LogP) is 3.74. The molecule has 0 spiro atoms. The smallest absolute Gasteiger partial charge is 0.130 e. The van der Waals surface area contributed by atoms with Crippen molar-refractivity contribution in [3.8, 4) is 0 Å². The fourth-order valence-corrected chi connectivity index (χ4v) is 3.11. The van der Waals surface area contributed by atoms with Crippen LogP contribution in [0, 0.1) is 11.6 Å². The van der Waals surface area contributed by atoms with E-state index in [9.17, 15) is 8.78 Å². The van der Waals surface area contributed by atoms with Gasteiger partial charge in [0.05, 0.1) is 6.04 Å². The van der Waals surface area contributed by atoms with Crippen LogP contribution in [0.1, 0.15) is 45.7 Å². The first-order chi connectivity index (χ1) is 9.46. The summed E-state index contributed by atoms with van der Waals surface area (Å²) in [5, 5.41) is 3.12. The molecule has 0 aliphatic carbocycles. The van der Waals surface area contributed by atoms with Crippen LogP contribution in [-0.4, -0.2) is 30.6 Å². The normalized spacial score (nSPS) is 16.2. The Hall–Kier alpha value is -1.00. The van der Waals surface area contributed by atoms with E-state index in [4.69, 9.17) is 0 Å². The lowest BCUT2D eigenvalue weighted by Gasteiger charge is -2.46. The van der Waals surface area contributed by atoms with E-state index in [1.165, 1.54) is 18.2 Å². The summed E-state index contributed by atoms with van der Waals surface area (Å²) in [6.07, 6.45) is 0.800. The lowest BCUT2D eigenvalue weighted by molar-refractivity contribution is 0.0700. The van der Waals surface area contributed by atoms with Gasteiger partial charge in [-0.1, -0.05) is 26.8 Å². The van der Waals surface area contributed by atoms with Gasteiger partial charge in [-0.2, -0.15) is 0 Å². The van der Waals surface area contributed by atoms with Crippen LogP contribution in [0.2, 0.25) is 0 Å². The molecule has 2 unspecified atom stereocenters. The average molecular weight is 284 g/mol. The van der Waals surface area contributed by atoms with Crippen molar-refractivity contribution in [1.29, 1.82) is 0 Å². The minimum atomic E-state index is -0.490. The van der Waals surface area contributed by atoms with Crippen molar-refractivity contribution >= 4 is 0 Å². The second-order valence-electron chi connectivity index (χ2n) is 5.24. The van der Waals surface area contributed by atoms with Gasteiger partial charge in [0.25, 0.3) is 0 Å². The van der Waals surface area contributed by atoms with Gasteiger partial charge in [0.15, 0.2) is 0 Å². The van der Waals surface area contributed by atoms with Gasteiger partial charge in [0.2, 0.25) is 0 Å². The number of hydrogen-bond donors (Lipinski definition) is 1. The lowest BCUT2D eigenvalue weighted by atomic mass is 9.82. The lowest BCUT2D eigenvalue weighted by Crippen LogP contribution is -2.54. The molecule has 0 heterocycles. The van der Waals surface area contributed by atoms with E-state index in [0.29, 0.717) is 0 Å². The molecule has 1 aromatic rings. The van der Waals surface area contributed by atoms with Crippen LogP contribution in [-0.2, 0) is 0 Å². The van der Waals surface area contributed by atoms with Crippen molar-refractivity contribution in [1.82, 2.24) is 10.2 Å². The molecule has 4 heteroatoms. The first kappa shape index (κ1) is 17.1. The Morgan fingerprint density at radius 2 is 1.65 bits per heavy atom. The van der Waals surface area contributed by atoms with Crippen LogP contribution in [0.25, 0.3) is 0 Å². The zero-order chi connectivity index (χ0) is 15.3. The number of halogens is 2. The maximum Gasteiger partial charge on any atom is 0.130 e. The molecule has 0 radical (unpaired) electrons. The van der Waals surface area contributed by atoms with Crippen molar-refractivity contribution in [2.45, 2.75) is 45.7 Å². The van der Waals surface area contributed by atoms with Crippen LogP contribution in [0.15, 0.2) is 18.2 Å². The highest BCUT2D eigenvalue weighted by Crippen LogP contribution is 2.36. The first-order valence-corrected chi connectivity index (χ1v) is 7.32. The summed E-state index contributed by atoms with van der Waals surface area (Å²) in [6.45, 7) is 9.95. The average Bonchev–Trinajstić information content (AvgIpc) is 2.44. The van der Waals surface area contributed by atoms with Crippen LogP contribution in [0.5, 0.6) is 0 Å². The number of hydrogen-bond acceptors (Lipinski definition) is 2. The minimum absolute atomic E-state index is 0.131. The highest BCUT2D eigenvalue weighted by atomic mass is 19.1. The number of rotatable bonds is 7. The molecule has 20 heavy (non-hydrogen) atoms. The van der Waals surface area contributed by atoms with E-state index in [2.05, 4.69) is 37.9 Å². The molecule has 1 rings (SSSR count). The predicted molar refractivity (Wildman–Crippen MR) is 79.8 cm³/mol. The second kappa shape index (κ2) is 7.14. The van der Waals surface area contributed by atoms with E-state index >= 15 is 0 Å². The summed E-state index contributed by atoms with van der Waals surface area (Å²) in [5.74, 6) is -0.979. The second-order valence-corrected chi connectivity index (χ2v) is 5.24. The monoisotopic (exact) mass is 284 g/mol. The third-order valence-corrected chi connectivity index (χ3v) is 4.40. The quantitative estimate of drug-likeness (QED) is 0.820. The summed E-state index contributed by atoms with van der Waals surface area (Å²) < 4.78 is 28.3. The van der Waals surface area contributed by atoms with E-state index in [1.807, 2.05) is 0 Å². The van der Waals surface area contributed by atoms with E-state index in [0.717, 1.165) is 19.5 Å². The Kier molecular flexibility index (Phi) is 6.08. The Morgan fingerprint density at radius 3 is 2.00 bits per heavy atom. The summed E-state index contributed by atoms with van der Waals surface area (Å²) in [5.41, 5.74) is -0.215. The van der Waals surface area contributed by atoms with Gasteiger partial charge in [-0.05, 0) is 45.6 Å². The number of nitrogens with one attached hydrogen (secondary N) is 1. The third-order valence-electron chi connectivity index (χ3n) is 4.40. The standard InChI is InChI=1S/C16H26F2N2/c1-6-16(4,20(7-2)8-3)15(19-5)14-12(17)10-9-11-13(14)18/h9-11,15,19H,6-8H2,1-5H3. The molecule has 1 N–H and O–H groups in total. The highest BCUT2D eigenvalue weighted by molar-refractivity contribution is 5.27. The largest absolute Gasteiger partial charge is 0.311 e. The van der Waals surface area contributed by atoms with Gasteiger partial charge >= 0.3 is 0 Å². The Bertz CT molecular complexity index is 412. The van der Waals surface area contributed by atoms with Crippen LogP contribution in [0.3, 0.4) is 0 Å². The van der Waals surface area contributed by atoms with Gasteiger partial charge in [0, 0.05) is 11.1 Å². The molecule has 0 fully saturated rings. The molecule has 0 aliphatic rings. The topological polar surface area (TPSA) is 15.3 Å². The summed E-state index contributed by atoms with van der Waals surface area (Å²) in [7, 11) is 1.76. The van der Waals surface area contributed by atoms with Crippen molar-refractivity contribution in [2.75, 3.05) is 20.1 Å². The third kappa shape index (κ3) is 3.01. The first-order valence-electron chi connectivity index (χ1n) is 7.32. The van der Waals surface area contributed by atoms with E-state index in [1.54, 1.807) is 7.05 Å². The molecule has 0 aliphatic heterocycles. The molecular weight excluding hydrogens is 258 g/mol. The molecule has 0 bridgehead atoms. The Balaban J connectivity index is 3.35. The fraction of sp³-hybridized carbons (Fsp3) is 0.625. The number of benzene rings is 1. The van der Waals surface area contributed by atoms with E-state index < -0.39 is 17.7 Å². The highest BCUT2D eigenvalue weighted by Gasteiger charge is 2.39. The van der Waals surface area contributed by atoms with E-state index in [-0.39, 0.29) is 11.1 Å². The molecule has 0 saturated carbocycles. The zero-order valence-corrected chi connectivity index (χ0v) is 13.1. The molecular formula is C16H26F2N2. The van der Waals surface area contributed by atoms with Crippen LogP contribution in [0.4, 0.5) is 8.78 Å². The summed E-state index contributed by atoms with van der Waals surface area (Å²) in [4.78, 5) is 2.25. The minimum Gasteiger partial charge on any atom is -0.311 e.